The summed E-state index contributed by atoms with van der Waals surface area (Å²) in [6.45, 7) is 3.19. The second-order valence-corrected chi connectivity index (χ2v) is 8.42. The van der Waals surface area contributed by atoms with Crippen molar-refractivity contribution in [3.8, 4) is 0 Å². The van der Waals surface area contributed by atoms with Gasteiger partial charge in [0.2, 0.25) is 0 Å². The minimum Gasteiger partial charge on any atom is -0.467 e. The van der Waals surface area contributed by atoms with Gasteiger partial charge in [0.05, 0.1) is 11.2 Å². The zero-order chi connectivity index (χ0) is 21.4. The molecule has 30 heavy (non-hydrogen) atoms. The van der Waals surface area contributed by atoms with Gasteiger partial charge >= 0.3 is 0 Å². The quantitative estimate of drug-likeness (QED) is 0.480. The smallest absolute Gasteiger partial charge is 0.261 e. The van der Waals surface area contributed by atoms with E-state index in [0.717, 1.165) is 11.3 Å². The molecule has 0 spiro atoms. The molecule has 0 radical (unpaired) electrons. The Balaban J connectivity index is 1.50. The molecule has 0 saturated heterocycles. The molecule has 1 amide bonds. The Morgan fingerprint density at radius 2 is 1.87 bits per heavy atom. The van der Waals surface area contributed by atoms with Crippen LogP contribution in [0.3, 0.4) is 0 Å². The lowest BCUT2D eigenvalue weighted by Crippen LogP contribution is -2.25. The maximum atomic E-state index is 12.6. The lowest BCUT2D eigenvalue weighted by Gasteiger charge is -2.10. The average Bonchev–Trinajstić information content (AvgIpc) is 3.25. The van der Waals surface area contributed by atoms with Crippen LogP contribution in [0.2, 0.25) is 0 Å². The third-order valence-electron chi connectivity index (χ3n) is 4.29. The number of rotatable bonds is 10. The van der Waals surface area contributed by atoms with Crippen LogP contribution in [-0.4, -0.2) is 27.5 Å². The first kappa shape index (κ1) is 21.6. The van der Waals surface area contributed by atoms with Crippen LogP contribution >= 0.6 is 0 Å². The molecule has 2 aromatic carbocycles. The molecule has 1 heterocycles. The third kappa shape index (κ3) is 6.20. The Morgan fingerprint density at radius 3 is 2.60 bits per heavy atom. The molecular formula is C22H24N2O5S. The number of hydrogen-bond donors (Lipinski definition) is 2. The highest BCUT2D eigenvalue weighted by Gasteiger charge is 2.16. The number of benzene rings is 2. The molecule has 0 aliphatic carbocycles. The van der Waals surface area contributed by atoms with E-state index < -0.39 is 10.0 Å². The van der Waals surface area contributed by atoms with E-state index in [0.29, 0.717) is 31.9 Å². The van der Waals surface area contributed by atoms with Gasteiger partial charge in [-0.25, -0.2) is 8.42 Å². The molecule has 7 nitrogen and oxygen atoms in total. The van der Waals surface area contributed by atoms with Gasteiger partial charge in [-0.05, 0) is 55.8 Å². The standard InChI is InChI=1S/C22H24N2O5S/c1-17-8-10-19(11-9-17)24-30(26,27)21-7-2-5-18(15-21)22(25)23-12-4-13-28-16-20-6-3-14-29-20/h2-3,5-11,14-15,24H,4,12-13,16H2,1H3,(H,23,25). The lowest BCUT2D eigenvalue weighted by molar-refractivity contribution is 0.0917. The second kappa shape index (κ2) is 10.1. The van der Waals surface area contributed by atoms with Crippen LogP contribution in [-0.2, 0) is 21.4 Å². The van der Waals surface area contributed by atoms with E-state index in [1.54, 1.807) is 36.6 Å². The number of aryl methyl sites for hydroxylation is 1. The van der Waals surface area contributed by atoms with Gasteiger partial charge in [-0.1, -0.05) is 23.8 Å². The van der Waals surface area contributed by atoms with E-state index in [4.69, 9.17) is 9.15 Å². The number of carbonyl (C=O) groups excluding carboxylic acids is 1. The Hall–Kier alpha value is -3.10. The van der Waals surface area contributed by atoms with Crippen molar-refractivity contribution >= 4 is 21.6 Å². The summed E-state index contributed by atoms with van der Waals surface area (Å²) < 4.78 is 38.4. The minimum absolute atomic E-state index is 0.0255. The van der Waals surface area contributed by atoms with Gasteiger partial charge in [-0.2, -0.15) is 0 Å². The summed E-state index contributed by atoms with van der Waals surface area (Å²) in [5, 5.41) is 2.77. The van der Waals surface area contributed by atoms with Crippen molar-refractivity contribution < 1.29 is 22.4 Å². The topological polar surface area (TPSA) is 97.6 Å². The van der Waals surface area contributed by atoms with Crippen molar-refractivity contribution in [1.82, 2.24) is 5.32 Å². The SMILES string of the molecule is Cc1ccc(NS(=O)(=O)c2cccc(C(=O)NCCCOCc3ccco3)c2)cc1. The number of hydrogen-bond acceptors (Lipinski definition) is 5. The molecule has 158 valence electrons. The predicted octanol–water partition coefficient (Wildman–Crippen LogP) is 3.73. The highest BCUT2D eigenvalue weighted by molar-refractivity contribution is 7.92. The van der Waals surface area contributed by atoms with Crippen molar-refractivity contribution in [3.05, 3.63) is 83.8 Å². The summed E-state index contributed by atoms with van der Waals surface area (Å²) >= 11 is 0. The molecule has 8 heteroatoms. The summed E-state index contributed by atoms with van der Waals surface area (Å²) in [4.78, 5) is 12.4. The predicted molar refractivity (Wildman–Crippen MR) is 114 cm³/mol. The molecule has 0 saturated carbocycles. The van der Waals surface area contributed by atoms with E-state index >= 15 is 0 Å². The summed E-state index contributed by atoms with van der Waals surface area (Å²) in [5.41, 5.74) is 1.77. The summed E-state index contributed by atoms with van der Waals surface area (Å²) in [6.07, 6.45) is 2.21. The molecule has 0 aliphatic heterocycles. The average molecular weight is 429 g/mol. The van der Waals surface area contributed by atoms with Gasteiger partial charge in [-0.3, -0.25) is 9.52 Å². The third-order valence-corrected chi connectivity index (χ3v) is 5.66. The van der Waals surface area contributed by atoms with Crippen molar-refractivity contribution in [2.24, 2.45) is 0 Å². The molecule has 3 aromatic rings. The van der Waals surface area contributed by atoms with Gasteiger partial charge < -0.3 is 14.5 Å². The van der Waals surface area contributed by atoms with E-state index in [2.05, 4.69) is 10.0 Å². The fourth-order valence-electron chi connectivity index (χ4n) is 2.69. The van der Waals surface area contributed by atoms with Gasteiger partial charge in [-0.15, -0.1) is 0 Å². The number of carbonyl (C=O) groups is 1. The van der Waals surface area contributed by atoms with Gasteiger partial charge in [0.15, 0.2) is 0 Å². The number of nitrogens with one attached hydrogen (secondary N) is 2. The van der Waals surface area contributed by atoms with Crippen LogP contribution in [0.25, 0.3) is 0 Å². The fourth-order valence-corrected chi connectivity index (χ4v) is 3.79. The largest absolute Gasteiger partial charge is 0.467 e. The van der Waals surface area contributed by atoms with Crippen LogP contribution in [0.1, 0.15) is 28.1 Å². The molecule has 2 N–H and O–H groups in total. The Morgan fingerprint density at radius 1 is 1.07 bits per heavy atom. The first-order valence-electron chi connectivity index (χ1n) is 9.52. The Kier molecular flexibility index (Phi) is 7.26. The maximum Gasteiger partial charge on any atom is 0.261 e. The molecule has 3 rings (SSSR count). The number of furan rings is 1. The minimum atomic E-state index is -3.80. The van der Waals surface area contributed by atoms with Gasteiger partial charge in [0.1, 0.15) is 12.4 Å². The van der Waals surface area contributed by atoms with E-state index in [1.807, 2.05) is 25.1 Å². The monoisotopic (exact) mass is 428 g/mol. The Labute approximate surface area is 176 Å². The molecule has 0 bridgehead atoms. The molecule has 0 unspecified atom stereocenters. The van der Waals surface area contributed by atoms with E-state index in [9.17, 15) is 13.2 Å². The first-order valence-corrected chi connectivity index (χ1v) is 11.0. The zero-order valence-corrected chi connectivity index (χ0v) is 17.4. The molecule has 0 atom stereocenters. The van der Waals surface area contributed by atoms with Gasteiger partial charge in [0, 0.05) is 24.4 Å². The van der Waals surface area contributed by atoms with Crippen LogP contribution in [0, 0.1) is 6.92 Å². The van der Waals surface area contributed by atoms with Crippen LogP contribution < -0.4 is 10.0 Å². The van der Waals surface area contributed by atoms with Crippen molar-refractivity contribution in [2.75, 3.05) is 17.9 Å². The molecule has 1 aromatic heterocycles. The summed E-state index contributed by atoms with van der Waals surface area (Å²) in [5.74, 6) is 0.407. The van der Waals surface area contributed by atoms with Crippen LogP contribution in [0.5, 0.6) is 0 Å². The van der Waals surface area contributed by atoms with Crippen LogP contribution in [0.4, 0.5) is 5.69 Å². The first-order chi connectivity index (χ1) is 14.4. The van der Waals surface area contributed by atoms with Gasteiger partial charge in [0.25, 0.3) is 15.9 Å². The fraction of sp³-hybridized carbons (Fsp3) is 0.227. The van der Waals surface area contributed by atoms with Crippen molar-refractivity contribution in [3.63, 3.8) is 0 Å². The molecular weight excluding hydrogens is 404 g/mol. The lowest BCUT2D eigenvalue weighted by atomic mass is 10.2. The zero-order valence-electron chi connectivity index (χ0n) is 16.6. The van der Waals surface area contributed by atoms with Crippen LogP contribution in [0.15, 0.2) is 76.2 Å². The highest BCUT2D eigenvalue weighted by Crippen LogP contribution is 2.17. The molecule has 0 fully saturated rings. The summed E-state index contributed by atoms with van der Waals surface area (Å²) in [7, 11) is -3.80. The van der Waals surface area contributed by atoms with Crippen molar-refractivity contribution in [2.45, 2.75) is 24.8 Å². The van der Waals surface area contributed by atoms with E-state index in [-0.39, 0.29) is 16.4 Å². The second-order valence-electron chi connectivity index (χ2n) is 6.74. The van der Waals surface area contributed by atoms with E-state index in [1.165, 1.54) is 12.1 Å². The number of ether oxygens (including phenoxy) is 1. The Bertz CT molecular complexity index is 1060. The molecule has 0 aliphatic rings. The summed E-state index contributed by atoms with van der Waals surface area (Å²) in [6, 6.07) is 16.6. The highest BCUT2D eigenvalue weighted by atomic mass is 32.2. The maximum absolute atomic E-state index is 12.6. The number of sulfonamides is 1. The van der Waals surface area contributed by atoms with Crippen molar-refractivity contribution in [1.29, 1.82) is 0 Å². The normalized spacial score (nSPS) is 11.2. The number of amides is 1. The number of anilines is 1.